The molecule has 0 heterocycles. The molecule has 0 aliphatic heterocycles. The summed E-state index contributed by atoms with van der Waals surface area (Å²) in [4.78, 5) is 0. The van der Waals surface area contributed by atoms with Crippen LogP contribution in [0.2, 0.25) is 0 Å². The van der Waals surface area contributed by atoms with Crippen molar-refractivity contribution in [3.05, 3.63) is 0 Å². The molecule has 0 aromatic rings. The Kier molecular flexibility index (Phi) is 6.41. The molecule has 3 atom stereocenters. The maximum atomic E-state index is 9.74. The fourth-order valence-corrected chi connectivity index (χ4v) is 2.17. The fraction of sp³-hybridized carbons (Fsp3) is 1.00. The molecule has 0 aromatic heterocycles. The average Bonchev–Trinajstić information content (AvgIpc) is 2.02. The summed E-state index contributed by atoms with van der Waals surface area (Å²) in [7, 11) is 0. The van der Waals surface area contributed by atoms with Gasteiger partial charge in [-0.15, -0.1) is 0 Å². The lowest BCUT2D eigenvalue weighted by atomic mass is 9.73. The van der Waals surface area contributed by atoms with Crippen molar-refractivity contribution < 1.29 is 15.3 Å². The number of hydrogen-bond donors (Lipinski definition) is 3. The zero-order valence-electron chi connectivity index (χ0n) is 10.4. The Morgan fingerprint density at radius 1 is 1.27 bits per heavy atom. The van der Waals surface area contributed by atoms with Crippen LogP contribution in [0.5, 0.6) is 0 Å². The molecule has 1 saturated carbocycles. The minimum Gasteiger partial charge on any atom is -0.397 e. The van der Waals surface area contributed by atoms with E-state index in [1.807, 2.05) is 0 Å². The highest BCUT2D eigenvalue weighted by Crippen LogP contribution is 2.35. The standard InChI is InChI=1S/C10H20O2.C2H6O/c1-7-4-5-8(9(11)6-7)10(2,3)12;1-2-3/h7-9,11-12H,4-6H2,1-3H3;3H,2H2,1H3. The Balaban J connectivity index is 0.000000583. The lowest BCUT2D eigenvalue weighted by Gasteiger charge is -2.38. The van der Waals surface area contributed by atoms with Crippen molar-refractivity contribution in [3.8, 4) is 0 Å². The molecular weight excluding hydrogens is 192 g/mol. The van der Waals surface area contributed by atoms with Gasteiger partial charge in [-0.25, -0.2) is 0 Å². The highest BCUT2D eigenvalue weighted by Gasteiger charge is 2.36. The first-order chi connectivity index (χ1) is 6.82. The van der Waals surface area contributed by atoms with Crippen molar-refractivity contribution in [3.63, 3.8) is 0 Å². The van der Waals surface area contributed by atoms with Crippen LogP contribution in [0, 0.1) is 11.8 Å². The molecule has 1 rings (SSSR count). The molecule has 3 N–H and O–H groups in total. The maximum absolute atomic E-state index is 9.74. The van der Waals surface area contributed by atoms with Gasteiger partial charge in [0.05, 0.1) is 11.7 Å². The van der Waals surface area contributed by atoms with Gasteiger partial charge < -0.3 is 15.3 Å². The molecule has 0 spiro atoms. The van der Waals surface area contributed by atoms with E-state index in [-0.39, 0.29) is 18.6 Å². The molecule has 0 amide bonds. The normalized spacial score (nSPS) is 31.8. The van der Waals surface area contributed by atoms with E-state index < -0.39 is 5.60 Å². The third-order valence-electron chi connectivity index (χ3n) is 2.99. The highest BCUT2D eigenvalue weighted by atomic mass is 16.3. The third-order valence-corrected chi connectivity index (χ3v) is 2.99. The SMILES string of the molecule is CC1CCC(C(C)(C)O)C(O)C1.CCO. The molecule has 1 aliphatic rings. The Morgan fingerprint density at radius 2 is 1.73 bits per heavy atom. The predicted octanol–water partition coefficient (Wildman–Crippen LogP) is 1.55. The van der Waals surface area contributed by atoms with Gasteiger partial charge in [-0.05, 0) is 39.5 Å². The van der Waals surface area contributed by atoms with Crippen molar-refractivity contribution in [2.75, 3.05) is 6.61 Å². The van der Waals surface area contributed by atoms with E-state index in [9.17, 15) is 10.2 Å². The van der Waals surface area contributed by atoms with Gasteiger partial charge in [0, 0.05) is 12.5 Å². The van der Waals surface area contributed by atoms with Gasteiger partial charge in [-0.1, -0.05) is 13.3 Å². The van der Waals surface area contributed by atoms with Crippen LogP contribution in [0.15, 0.2) is 0 Å². The van der Waals surface area contributed by atoms with Crippen molar-refractivity contribution in [1.82, 2.24) is 0 Å². The van der Waals surface area contributed by atoms with Crippen LogP contribution in [0.3, 0.4) is 0 Å². The molecule has 3 unspecified atom stereocenters. The predicted molar refractivity (Wildman–Crippen MR) is 61.6 cm³/mol. The molecule has 3 heteroatoms. The lowest BCUT2D eigenvalue weighted by Crippen LogP contribution is -2.42. The van der Waals surface area contributed by atoms with E-state index >= 15 is 0 Å². The molecule has 0 radical (unpaired) electrons. The molecule has 1 aliphatic carbocycles. The van der Waals surface area contributed by atoms with Gasteiger partial charge >= 0.3 is 0 Å². The monoisotopic (exact) mass is 218 g/mol. The number of aliphatic hydroxyl groups excluding tert-OH is 2. The summed E-state index contributed by atoms with van der Waals surface area (Å²) < 4.78 is 0. The minimum absolute atomic E-state index is 0.0636. The minimum atomic E-state index is -0.723. The molecule has 0 saturated heterocycles. The quantitative estimate of drug-likeness (QED) is 0.626. The molecule has 0 aromatic carbocycles. The summed E-state index contributed by atoms with van der Waals surface area (Å²) in [5.74, 6) is 0.673. The van der Waals surface area contributed by atoms with Crippen LogP contribution >= 0.6 is 0 Å². The smallest absolute Gasteiger partial charge is 0.0644 e. The van der Waals surface area contributed by atoms with Crippen LogP contribution in [0.25, 0.3) is 0 Å². The van der Waals surface area contributed by atoms with E-state index in [2.05, 4.69) is 6.92 Å². The van der Waals surface area contributed by atoms with Crippen molar-refractivity contribution in [2.24, 2.45) is 11.8 Å². The first kappa shape index (κ1) is 14.9. The van der Waals surface area contributed by atoms with Gasteiger partial charge in [0.25, 0.3) is 0 Å². The summed E-state index contributed by atoms with van der Waals surface area (Å²) in [6, 6.07) is 0. The molecule has 15 heavy (non-hydrogen) atoms. The Bertz CT molecular complexity index is 163. The Morgan fingerprint density at radius 3 is 2.07 bits per heavy atom. The highest BCUT2D eigenvalue weighted by molar-refractivity contribution is 4.87. The molecule has 1 fully saturated rings. The Hall–Kier alpha value is -0.120. The molecule has 92 valence electrons. The number of hydrogen-bond acceptors (Lipinski definition) is 3. The summed E-state index contributed by atoms with van der Waals surface area (Å²) in [5.41, 5.74) is -0.723. The van der Waals surface area contributed by atoms with E-state index in [0.717, 1.165) is 19.3 Å². The van der Waals surface area contributed by atoms with Gasteiger partial charge in [-0.2, -0.15) is 0 Å². The molecular formula is C12H26O3. The van der Waals surface area contributed by atoms with E-state index in [1.54, 1.807) is 20.8 Å². The summed E-state index contributed by atoms with van der Waals surface area (Å²) in [6.07, 6.45) is 2.61. The van der Waals surface area contributed by atoms with Crippen molar-refractivity contribution in [1.29, 1.82) is 0 Å². The fourth-order valence-electron chi connectivity index (χ4n) is 2.17. The van der Waals surface area contributed by atoms with Crippen LogP contribution in [0.4, 0.5) is 0 Å². The van der Waals surface area contributed by atoms with Gasteiger partial charge in [-0.3, -0.25) is 0 Å². The van der Waals surface area contributed by atoms with Gasteiger partial charge in [0.15, 0.2) is 0 Å². The van der Waals surface area contributed by atoms with Gasteiger partial charge in [0.1, 0.15) is 0 Å². The van der Waals surface area contributed by atoms with Crippen LogP contribution < -0.4 is 0 Å². The second-order valence-electron chi connectivity index (χ2n) is 5.06. The average molecular weight is 218 g/mol. The zero-order valence-corrected chi connectivity index (χ0v) is 10.4. The number of rotatable bonds is 1. The van der Waals surface area contributed by atoms with Crippen molar-refractivity contribution >= 4 is 0 Å². The first-order valence-electron chi connectivity index (χ1n) is 5.84. The lowest BCUT2D eigenvalue weighted by molar-refractivity contribution is -0.0730. The maximum Gasteiger partial charge on any atom is 0.0644 e. The Labute approximate surface area is 93.1 Å². The summed E-state index contributed by atoms with van der Waals surface area (Å²) in [5, 5.41) is 27.0. The van der Waals surface area contributed by atoms with E-state index in [0.29, 0.717) is 5.92 Å². The van der Waals surface area contributed by atoms with Crippen LogP contribution in [-0.2, 0) is 0 Å². The molecule has 3 nitrogen and oxygen atoms in total. The van der Waals surface area contributed by atoms with Crippen LogP contribution in [-0.4, -0.2) is 33.6 Å². The number of aliphatic hydroxyl groups is 3. The second-order valence-corrected chi connectivity index (χ2v) is 5.06. The third kappa shape index (κ3) is 5.50. The second kappa shape index (κ2) is 6.46. The molecule has 0 bridgehead atoms. The first-order valence-corrected chi connectivity index (χ1v) is 5.84. The van der Waals surface area contributed by atoms with Crippen LogP contribution in [0.1, 0.15) is 47.0 Å². The summed E-state index contributed by atoms with van der Waals surface area (Å²) >= 11 is 0. The zero-order chi connectivity index (χ0) is 12.1. The van der Waals surface area contributed by atoms with Crippen molar-refractivity contribution in [2.45, 2.75) is 58.7 Å². The van der Waals surface area contributed by atoms with Gasteiger partial charge in [0.2, 0.25) is 0 Å². The van der Waals surface area contributed by atoms with E-state index in [1.165, 1.54) is 0 Å². The summed E-state index contributed by atoms with van der Waals surface area (Å²) in [6.45, 7) is 7.66. The van der Waals surface area contributed by atoms with E-state index in [4.69, 9.17) is 5.11 Å². The largest absolute Gasteiger partial charge is 0.397 e. The topological polar surface area (TPSA) is 60.7 Å².